The van der Waals surface area contributed by atoms with Gasteiger partial charge in [0, 0.05) is 34.4 Å². The van der Waals surface area contributed by atoms with Gasteiger partial charge in [0.2, 0.25) is 0 Å². The Morgan fingerprint density at radius 1 is 1.13 bits per heavy atom. The molecule has 0 fully saturated rings. The number of benzene rings is 2. The number of aliphatic hydroxyl groups excluding tert-OH is 1. The van der Waals surface area contributed by atoms with Crippen molar-refractivity contribution >= 4 is 35.0 Å². The first-order valence-electron chi connectivity index (χ1n) is 9.72. The molecular weight excluding hydrogens is 435 g/mol. The van der Waals surface area contributed by atoms with E-state index in [9.17, 15) is 18.0 Å². The minimum absolute atomic E-state index is 0.161. The Kier molecular flexibility index (Phi) is 14.3. The average Bonchev–Trinajstić information content (AvgIpc) is 2.68. The highest BCUT2D eigenvalue weighted by Gasteiger charge is 2.14. The minimum Gasteiger partial charge on any atom is -0.394 e. The van der Waals surface area contributed by atoms with Crippen LogP contribution in [0.5, 0.6) is 0 Å². The molecule has 0 bridgehead atoms. The van der Waals surface area contributed by atoms with Crippen LogP contribution >= 0.6 is 23.4 Å². The summed E-state index contributed by atoms with van der Waals surface area (Å²) in [4.78, 5) is 13.0. The van der Waals surface area contributed by atoms with Crippen molar-refractivity contribution in [2.24, 2.45) is 0 Å². The number of rotatable bonds is 6. The van der Waals surface area contributed by atoms with Crippen molar-refractivity contribution in [1.82, 2.24) is 0 Å². The predicted octanol–water partition coefficient (Wildman–Crippen LogP) is 7.32. The number of aliphatic hydroxyl groups is 1. The van der Waals surface area contributed by atoms with Crippen LogP contribution in [0.25, 0.3) is 0 Å². The molecule has 168 valence electrons. The van der Waals surface area contributed by atoms with Crippen molar-refractivity contribution in [3.63, 3.8) is 0 Å². The number of halogens is 4. The monoisotopic (exact) mass is 463 g/mol. The molecule has 0 saturated carbocycles. The van der Waals surface area contributed by atoms with Crippen molar-refractivity contribution in [3.05, 3.63) is 58.4 Å². The minimum atomic E-state index is -1.57. The summed E-state index contributed by atoms with van der Waals surface area (Å²) in [5.41, 5.74) is 0.134. The summed E-state index contributed by atoms with van der Waals surface area (Å²) in [7, 11) is 0. The van der Waals surface area contributed by atoms with E-state index < -0.39 is 23.4 Å². The fourth-order valence-electron chi connectivity index (χ4n) is 1.91. The van der Waals surface area contributed by atoms with E-state index in [0.29, 0.717) is 10.6 Å². The van der Waals surface area contributed by atoms with Crippen molar-refractivity contribution in [3.8, 4) is 0 Å². The van der Waals surface area contributed by atoms with Gasteiger partial charge in [-0.05, 0) is 44.2 Å². The molecule has 0 aliphatic heterocycles. The van der Waals surface area contributed by atoms with Crippen LogP contribution in [0.3, 0.4) is 0 Å². The molecular formula is C22H29ClF3NO2S. The van der Waals surface area contributed by atoms with Crippen LogP contribution in [-0.2, 0) is 0 Å². The Labute approximate surface area is 186 Å². The van der Waals surface area contributed by atoms with Crippen LogP contribution in [0.1, 0.15) is 57.8 Å². The molecule has 0 saturated heterocycles. The zero-order valence-corrected chi connectivity index (χ0v) is 19.4. The number of hydrogen-bond acceptors (Lipinski definition) is 3. The fourth-order valence-corrected chi connectivity index (χ4v) is 3.26. The van der Waals surface area contributed by atoms with Gasteiger partial charge in [-0.3, -0.25) is 4.79 Å². The number of thioether (sulfide) groups is 1. The molecule has 0 aliphatic rings. The molecule has 0 aliphatic carbocycles. The number of carbonyl (C=O) groups excluding carboxylic acids is 1. The highest BCUT2D eigenvalue weighted by Crippen LogP contribution is 2.29. The topological polar surface area (TPSA) is 49.3 Å². The summed E-state index contributed by atoms with van der Waals surface area (Å²) in [5.74, 6) is -3.99. The number of nitrogens with one attached hydrogen (secondary N) is 1. The summed E-state index contributed by atoms with van der Waals surface area (Å²) in [5, 5.41) is 10.9. The maximum Gasteiger partial charge on any atom is 0.255 e. The largest absolute Gasteiger partial charge is 0.394 e. The van der Waals surface area contributed by atoms with Gasteiger partial charge in [-0.1, -0.05) is 38.8 Å². The summed E-state index contributed by atoms with van der Waals surface area (Å²) in [6.07, 6.45) is 1.90. The Morgan fingerprint density at radius 3 is 2.17 bits per heavy atom. The van der Waals surface area contributed by atoms with Crippen molar-refractivity contribution in [1.29, 1.82) is 0 Å². The molecule has 1 amide bonds. The lowest BCUT2D eigenvalue weighted by atomic mass is 10.2. The lowest BCUT2D eigenvalue weighted by Crippen LogP contribution is -2.12. The Morgan fingerprint density at radius 2 is 1.67 bits per heavy atom. The first kappa shape index (κ1) is 28.3. The molecule has 0 unspecified atom stereocenters. The SMILES string of the molecule is CC.CC(C)O.CCCCSc1cc(C(=O)Nc2cc(F)c(F)c(F)c2)ccc1Cl. The maximum absolute atomic E-state index is 13.2. The molecule has 2 aromatic carbocycles. The summed E-state index contributed by atoms with van der Waals surface area (Å²) in [6, 6.07) is 6.18. The van der Waals surface area contributed by atoms with Crippen LogP contribution in [0.2, 0.25) is 5.02 Å². The van der Waals surface area contributed by atoms with Gasteiger partial charge < -0.3 is 10.4 Å². The Hall–Kier alpha value is -1.70. The molecule has 30 heavy (non-hydrogen) atoms. The molecule has 2 rings (SSSR count). The molecule has 2 N–H and O–H groups in total. The highest BCUT2D eigenvalue weighted by molar-refractivity contribution is 7.99. The van der Waals surface area contributed by atoms with E-state index in [1.807, 2.05) is 13.8 Å². The molecule has 0 spiro atoms. The fraction of sp³-hybridized carbons (Fsp3) is 0.409. The number of amides is 1. The molecule has 2 aromatic rings. The van der Waals surface area contributed by atoms with Crippen LogP contribution in [0, 0.1) is 17.5 Å². The number of anilines is 1. The van der Waals surface area contributed by atoms with Gasteiger partial charge in [-0.2, -0.15) is 0 Å². The smallest absolute Gasteiger partial charge is 0.255 e. The average molecular weight is 464 g/mol. The summed E-state index contributed by atoms with van der Waals surface area (Å²) >= 11 is 7.64. The number of hydrogen-bond donors (Lipinski definition) is 2. The van der Waals surface area contributed by atoms with E-state index in [4.69, 9.17) is 16.7 Å². The van der Waals surface area contributed by atoms with E-state index in [-0.39, 0.29) is 11.8 Å². The van der Waals surface area contributed by atoms with E-state index in [1.165, 1.54) is 17.8 Å². The lowest BCUT2D eigenvalue weighted by molar-refractivity contribution is 0.102. The van der Waals surface area contributed by atoms with Gasteiger partial charge in [0.15, 0.2) is 17.5 Å². The van der Waals surface area contributed by atoms with E-state index in [1.54, 1.807) is 26.0 Å². The Bertz CT molecular complexity index is 778. The van der Waals surface area contributed by atoms with Crippen LogP contribution in [0.15, 0.2) is 35.2 Å². The summed E-state index contributed by atoms with van der Waals surface area (Å²) < 4.78 is 39.3. The zero-order valence-electron chi connectivity index (χ0n) is 17.9. The van der Waals surface area contributed by atoms with E-state index in [2.05, 4.69) is 12.2 Å². The third-order valence-electron chi connectivity index (χ3n) is 3.19. The molecule has 0 aromatic heterocycles. The third-order valence-corrected chi connectivity index (χ3v) is 4.77. The predicted molar refractivity (Wildman–Crippen MR) is 120 cm³/mol. The van der Waals surface area contributed by atoms with Crippen molar-refractivity contribution < 1.29 is 23.1 Å². The van der Waals surface area contributed by atoms with Crippen molar-refractivity contribution in [2.45, 2.75) is 58.5 Å². The van der Waals surface area contributed by atoms with Gasteiger partial charge in [0.25, 0.3) is 5.91 Å². The van der Waals surface area contributed by atoms with Crippen LogP contribution < -0.4 is 5.32 Å². The standard InChI is InChI=1S/C17H15ClF3NOS.C3H8O.C2H6/c1-2-3-6-24-15-7-10(4-5-12(15)18)17(23)22-11-8-13(19)16(21)14(20)9-11;1-3(2)4;1-2/h4-5,7-9H,2-3,6H2,1H3,(H,22,23);3-4H,1-2H3;1-2H3. The zero-order chi connectivity index (χ0) is 23.3. The van der Waals surface area contributed by atoms with Gasteiger partial charge in [-0.25, -0.2) is 13.2 Å². The van der Waals surface area contributed by atoms with E-state index in [0.717, 1.165) is 35.6 Å². The molecule has 0 atom stereocenters. The molecule has 8 heteroatoms. The second-order valence-electron chi connectivity index (χ2n) is 6.15. The van der Waals surface area contributed by atoms with Gasteiger partial charge >= 0.3 is 0 Å². The first-order chi connectivity index (χ1) is 14.1. The Balaban J connectivity index is 0.00000125. The van der Waals surface area contributed by atoms with Crippen molar-refractivity contribution in [2.75, 3.05) is 11.1 Å². The molecule has 0 heterocycles. The number of unbranched alkanes of at least 4 members (excludes halogenated alkanes) is 1. The van der Waals surface area contributed by atoms with Gasteiger partial charge in [-0.15, -0.1) is 11.8 Å². The van der Waals surface area contributed by atoms with Gasteiger partial charge in [0.1, 0.15) is 0 Å². The lowest BCUT2D eigenvalue weighted by Gasteiger charge is -2.09. The highest BCUT2D eigenvalue weighted by atomic mass is 35.5. The van der Waals surface area contributed by atoms with E-state index >= 15 is 0 Å². The van der Waals surface area contributed by atoms with Crippen LogP contribution in [-0.4, -0.2) is 22.9 Å². The second kappa shape index (κ2) is 15.2. The normalized spacial score (nSPS) is 9.97. The third kappa shape index (κ3) is 10.4. The summed E-state index contributed by atoms with van der Waals surface area (Å²) in [6.45, 7) is 9.52. The quantitative estimate of drug-likeness (QED) is 0.268. The maximum atomic E-state index is 13.2. The number of carbonyl (C=O) groups is 1. The first-order valence-corrected chi connectivity index (χ1v) is 11.1. The van der Waals surface area contributed by atoms with Gasteiger partial charge in [0.05, 0.1) is 5.02 Å². The van der Waals surface area contributed by atoms with Crippen LogP contribution in [0.4, 0.5) is 18.9 Å². The molecule has 0 radical (unpaired) electrons. The second-order valence-corrected chi connectivity index (χ2v) is 7.69. The molecule has 3 nitrogen and oxygen atoms in total.